The Balaban J connectivity index is 2.52. The van der Waals surface area contributed by atoms with E-state index in [1.54, 1.807) is 30.5 Å². The summed E-state index contributed by atoms with van der Waals surface area (Å²) < 4.78 is 4.73. The topological polar surface area (TPSA) is 82.3 Å². The van der Waals surface area contributed by atoms with E-state index in [9.17, 15) is 14.9 Å². The summed E-state index contributed by atoms with van der Waals surface area (Å²) >= 11 is 0. The molecular formula is C13H12N2O4. The summed E-state index contributed by atoms with van der Waals surface area (Å²) in [5.41, 5.74) is 0.861. The minimum absolute atomic E-state index is 0.0189. The highest BCUT2D eigenvalue weighted by atomic mass is 16.6. The van der Waals surface area contributed by atoms with Crippen LogP contribution in [-0.2, 0) is 16.0 Å². The standard InChI is InChI=1S/C13H12N2O4/c1-19-8-10(16)7-9-4-5-12-11(3-2-6-14-12)13(9)15(17)18/h2-6H,7-8H2,1H3. The van der Waals surface area contributed by atoms with Gasteiger partial charge in [-0.1, -0.05) is 0 Å². The highest BCUT2D eigenvalue weighted by Gasteiger charge is 2.20. The summed E-state index contributed by atoms with van der Waals surface area (Å²) in [4.78, 5) is 26.4. The molecular weight excluding hydrogens is 248 g/mol. The SMILES string of the molecule is COCC(=O)Cc1ccc2ncccc2c1[N+](=O)[O-]. The Labute approximate surface area is 109 Å². The van der Waals surface area contributed by atoms with Crippen molar-refractivity contribution in [3.63, 3.8) is 0 Å². The summed E-state index contributed by atoms with van der Waals surface area (Å²) in [6.45, 7) is -0.0533. The molecule has 98 valence electrons. The van der Waals surface area contributed by atoms with E-state index in [0.717, 1.165) is 0 Å². The van der Waals surface area contributed by atoms with E-state index in [2.05, 4.69) is 4.98 Å². The molecule has 0 aliphatic heterocycles. The van der Waals surface area contributed by atoms with Crippen molar-refractivity contribution in [2.24, 2.45) is 0 Å². The van der Waals surface area contributed by atoms with Crippen LogP contribution in [0.5, 0.6) is 0 Å². The van der Waals surface area contributed by atoms with Crippen LogP contribution in [0.3, 0.4) is 0 Å². The van der Waals surface area contributed by atoms with Gasteiger partial charge < -0.3 is 4.74 Å². The zero-order valence-corrected chi connectivity index (χ0v) is 10.3. The van der Waals surface area contributed by atoms with Gasteiger partial charge in [0.25, 0.3) is 5.69 Å². The summed E-state index contributed by atoms with van der Waals surface area (Å²) in [5, 5.41) is 11.7. The third kappa shape index (κ3) is 2.74. The third-order valence-electron chi connectivity index (χ3n) is 2.72. The molecule has 0 radical (unpaired) electrons. The fourth-order valence-corrected chi connectivity index (χ4v) is 1.96. The molecule has 19 heavy (non-hydrogen) atoms. The van der Waals surface area contributed by atoms with E-state index in [4.69, 9.17) is 4.74 Å². The molecule has 0 fully saturated rings. The number of benzene rings is 1. The minimum atomic E-state index is -0.473. The third-order valence-corrected chi connectivity index (χ3v) is 2.72. The smallest absolute Gasteiger partial charge is 0.282 e. The lowest BCUT2D eigenvalue weighted by Crippen LogP contribution is -2.11. The maximum Gasteiger partial charge on any atom is 0.282 e. The van der Waals surface area contributed by atoms with Gasteiger partial charge in [0.1, 0.15) is 6.61 Å². The number of hydrogen-bond donors (Lipinski definition) is 0. The maximum atomic E-state index is 11.6. The first-order chi connectivity index (χ1) is 9.13. The number of aromatic nitrogens is 1. The number of methoxy groups -OCH3 is 1. The monoisotopic (exact) mass is 260 g/mol. The number of Topliss-reactive ketones (excluding diaryl/α,β-unsaturated/α-hetero) is 1. The lowest BCUT2D eigenvalue weighted by molar-refractivity contribution is -0.383. The van der Waals surface area contributed by atoms with E-state index in [-0.39, 0.29) is 24.5 Å². The number of rotatable bonds is 5. The maximum absolute atomic E-state index is 11.6. The highest BCUT2D eigenvalue weighted by molar-refractivity contribution is 5.92. The molecule has 0 atom stereocenters. The van der Waals surface area contributed by atoms with Gasteiger partial charge in [0.2, 0.25) is 0 Å². The van der Waals surface area contributed by atoms with Gasteiger partial charge in [-0.25, -0.2) is 0 Å². The first-order valence-corrected chi connectivity index (χ1v) is 5.65. The van der Waals surface area contributed by atoms with Crippen molar-refractivity contribution in [2.75, 3.05) is 13.7 Å². The second-order valence-corrected chi connectivity index (χ2v) is 4.05. The molecule has 0 spiro atoms. The van der Waals surface area contributed by atoms with Crippen molar-refractivity contribution in [3.05, 3.63) is 46.1 Å². The fourth-order valence-electron chi connectivity index (χ4n) is 1.96. The van der Waals surface area contributed by atoms with Crippen LogP contribution in [0.4, 0.5) is 5.69 Å². The number of nitro benzene ring substituents is 1. The average molecular weight is 260 g/mol. The number of nitro groups is 1. The zero-order valence-electron chi connectivity index (χ0n) is 10.3. The van der Waals surface area contributed by atoms with Crippen molar-refractivity contribution >= 4 is 22.4 Å². The molecule has 0 aliphatic carbocycles. The van der Waals surface area contributed by atoms with Crippen molar-refractivity contribution in [3.8, 4) is 0 Å². The van der Waals surface area contributed by atoms with Gasteiger partial charge in [0.15, 0.2) is 5.78 Å². The van der Waals surface area contributed by atoms with Crippen LogP contribution < -0.4 is 0 Å². The number of nitrogens with zero attached hydrogens (tertiary/aromatic N) is 2. The fraction of sp³-hybridized carbons (Fsp3) is 0.231. The van der Waals surface area contributed by atoms with E-state index < -0.39 is 4.92 Å². The number of pyridine rings is 1. The molecule has 6 nitrogen and oxygen atoms in total. The van der Waals surface area contributed by atoms with Crippen LogP contribution >= 0.6 is 0 Å². The Hall–Kier alpha value is -2.34. The summed E-state index contributed by atoms with van der Waals surface area (Å²) in [7, 11) is 1.41. The van der Waals surface area contributed by atoms with E-state index >= 15 is 0 Å². The zero-order chi connectivity index (χ0) is 13.8. The molecule has 0 N–H and O–H groups in total. The largest absolute Gasteiger partial charge is 0.377 e. The van der Waals surface area contributed by atoms with Crippen LogP contribution in [-0.4, -0.2) is 29.4 Å². The summed E-state index contributed by atoms with van der Waals surface area (Å²) in [6.07, 6.45) is 1.55. The quantitative estimate of drug-likeness (QED) is 0.605. The van der Waals surface area contributed by atoms with Crippen LogP contribution in [0.1, 0.15) is 5.56 Å². The highest BCUT2D eigenvalue weighted by Crippen LogP contribution is 2.28. The van der Waals surface area contributed by atoms with Gasteiger partial charge in [-0.2, -0.15) is 0 Å². The molecule has 1 aromatic carbocycles. The van der Waals surface area contributed by atoms with Gasteiger partial charge in [-0.15, -0.1) is 0 Å². The van der Waals surface area contributed by atoms with Gasteiger partial charge in [0, 0.05) is 25.3 Å². The van der Waals surface area contributed by atoms with Gasteiger partial charge in [0.05, 0.1) is 15.8 Å². The molecule has 2 aromatic rings. The molecule has 0 unspecified atom stereocenters. The Bertz CT molecular complexity index is 640. The molecule has 2 rings (SSSR count). The molecule has 0 aliphatic rings. The van der Waals surface area contributed by atoms with E-state index in [1.807, 2.05) is 0 Å². The molecule has 0 saturated carbocycles. The van der Waals surface area contributed by atoms with Crippen LogP contribution in [0, 0.1) is 10.1 Å². The lowest BCUT2D eigenvalue weighted by Gasteiger charge is -2.05. The van der Waals surface area contributed by atoms with Crippen LogP contribution in [0.2, 0.25) is 0 Å². The second-order valence-electron chi connectivity index (χ2n) is 4.05. The van der Waals surface area contributed by atoms with Crippen molar-refractivity contribution in [1.29, 1.82) is 0 Å². The van der Waals surface area contributed by atoms with Crippen LogP contribution in [0.15, 0.2) is 30.5 Å². The van der Waals surface area contributed by atoms with Crippen molar-refractivity contribution < 1.29 is 14.5 Å². The van der Waals surface area contributed by atoms with Crippen molar-refractivity contribution in [2.45, 2.75) is 6.42 Å². The number of fused-ring (bicyclic) bond motifs is 1. The Kier molecular flexibility index (Phi) is 3.82. The Morgan fingerprint density at radius 3 is 2.89 bits per heavy atom. The molecule has 6 heteroatoms. The molecule has 1 aromatic heterocycles. The van der Waals surface area contributed by atoms with E-state index in [1.165, 1.54) is 7.11 Å². The first-order valence-electron chi connectivity index (χ1n) is 5.65. The summed E-state index contributed by atoms with van der Waals surface area (Å²) in [6, 6.07) is 6.51. The predicted molar refractivity (Wildman–Crippen MR) is 69.0 cm³/mol. The van der Waals surface area contributed by atoms with Gasteiger partial charge in [-0.3, -0.25) is 19.9 Å². The Morgan fingerprint density at radius 1 is 1.42 bits per heavy atom. The number of hydrogen-bond acceptors (Lipinski definition) is 5. The first kappa shape index (κ1) is 13.1. The van der Waals surface area contributed by atoms with Gasteiger partial charge >= 0.3 is 0 Å². The number of carbonyl (C=O) groups excluding carboxylic acids is 1. The van der Waals surface area contributed by atoms with Crippen LogP contribution in [0.25, 0.3) is 10.9 Å². The van der Waals surface area contributed by atoms with E-state index in [0.29, 0.717) is 16.5 Å². The number of ether oxygens (including phenoxy) is 1. The Morgan fingerprint density at radius 2 is 2.21 bits per heavy atom. The normalized spacial score (nSPS) is 10.6. The van der Waals surface area contributed by atoms with Crippen molar-refractivity contribution in [1.82, 2.24) is 4.98 Å². The molecule has 0 saturated heterocycles. The average Bonchev–Trinajstić information content (AvgIpc) is 2.38. The molecule has 0 bridgehead atoms. The molecule has 1 heterocycles. The minimum Gasteiger partial charge on any atom is -0.377 e. The summed E-state index contributed by atoms with van der Waals surface area (Å²) in [5.74, 6) is -0.200. The molecule has 0 amide bonds. The van der Waals surface area contributed by atoms with Gasteiger partial charge in [-0.05, 0) is 24.3 Å². The number of carbonyl (C=O) groups is 1. The predicted octanol–water partition coefficient (Wildman–Crippen LogP) is 1.90. The lowest BCUT2D eigenvalue weighted by atomic mass is 10.0. The second kappa shape index (κ2) is 5.53. The number of ketones is 1.